The largest absolute Gasteiger partial charge is 0.386 e. The fraction of sp³-hybridized carbons (Fsp3) is 0.333. The minimum absolute atomic E-state index is 0.0771. The van der Waals surface area contributed by atoms with E-state index in [1.807, 2.05) is 0 Å². The number of nitro groups is 1. The first-order chi connectivity index (χ1) is 6.32. The van der Waals surface area contributed by atoms with Gasteiger partial charge in [0.05, 0.1) is 10.5 Å². The van der Waals surface area contributed by atoms with E-state index in [4.69, 9.17) is 0 Å². The summed E-state index contributed by atoms with van der Waals surface area (Å²) in [6.45, 7) is 2.74. The molecule has 0 saturated heterocycles. The minimum Gasteiger partial charge on any atom is -0.386 e. The van der Waals surface area contributed by atoms with Crippen molar-refractivity contribution in [3.8, 4) is 0 Å². The molecule has 0 fully saturated rings. The van der Waals surface area contributed by atoms with Crippen molar-refractivity contribution < 1.29 is 14.4 Å². The van der Waals surface area contributed by atoms with Crippen LogP contribution >= 0.6 is 0 Å². The topological polar surface area (TPSA) is 63.4 Å². The molecule has 0 heterocycles. The molecule has 0 radical (unpaired) electrons. The van der Waals surface area contributed by atoms with Gasteiger partial charge in [0.1, 0.15) is 5.82 Å². The molecule has 1 aromatic carbocycles. The normalized spacial score (nSPS) is 11.4. The number of rotatable bonds is 2. The standard InChI is InChI=1S/C9H10FNO3/c1-9(2,12)7-5-6(11(13)14)3-4-8(7)10/h3-5,12H,1-2H3. The Balaban J connectivity index is 3.29. The third kappa shape index (κ3) is 2.05. The van der Waals surface area contributed by atoms with Crippen LogP contribution in [0.5, 0.6) is 0 Å². The molecule has 0 aliphatic carbocycles. The molecular weight excluding hydrogens is 189 g/mol. The molecule has 0 aliphatic rings. The van der Waals surface area contributed by atoms with E-state index in [-0.39, 0.29) is 11.3 Å². The van der Waals surface area contributed by atoms with Crippen LogP contribution in [0.15, 0.2) is 18.2 Å². The Bertz CT molecular complexity index is 371. The van der Waals surface area contributed by atoms with Crippen LogP contribution in [-0.2, 0) is 5.60 Å². The number of nitrogens with zero attached hydrogens (tertiary/aromatic N) is 1. The van der Waals surface area contributed by atoms with Crippen molar-refractivity contribution in [3.63, 3.8) is 0 Å². The molecule has 1 aromatic rings. The van der Waals surface area contributed by atoms with Crippen molar-refractivity contribution in [1.82, 2.24) is 0 Å². The van der Waals surface area contributed by atoms with Gasteiger partial charge in [-0.1, -0.05) is 0 Å². The van der Waals surface area contributed by atoms with Crippen LogP contribution < -0.4 is 0 Å². The number of benzene rings is 1. The Labute approximate surface area is 80.1 Å². The number of hydrogen-bond donors (Lipinski definition) is 1. The van der Waals surface area contributed by atoms with Gasteiger partial charge < -0.3 is 5.11 Å². The Morgan fingerprint density at radius 2 is 2.07 bits per heavy atom. The number of halogens is 1. The average molecular weight is 199 g/mol. The van der Waals surface area contributed by atoms with Crippen molar-refractivity contribution >= 4 is 5.69 Å². The summed E-state index contributed by atoms with van der Waals surface area (Å²) in [4.78, 5) is 9.76. The molecular formula is C9H10FNO3. The van der Waals surface area contributed by atoms with Gasteiger partial charge >= 0.3 is 0 Å². The molecule has 0 spiro atoms. The number of nitro benzene ring substituents is 1. The van der Waals surface area contributed by atoms with Crippen molar-refractivity contribution in [3.05, 3.63) is 39.7 Å². The summed E-state index contributed by atoms with van der Waals surface area (Å²) in [5.41, 5.74) is -1.73. The van der Waals surface area contributed by atoms with Gasteiger partial charge in [-0.2, -0.15) is 0 Å². The quantitative estimate of drug-likeness (QED) is 0.585. The predicted molar refractivity (Wildman–Crippen MR) is 48.3 cm³/mol. The van der Waals surface area contributed by atoms with E-state index in [1.54, 1.807) is 0 Å². The van der Waals surface area contributed by atoms with E-state index in [2.05, 4.69) is 0 Å². The van der Waals surface area contributed by atoms with Gasteiger partial charge in [0.2, 0.25) is 0 Å². The number of hydrogen-bond acceptors (Lipinski definition) is 3. The molecule has 0 bridgehead atoms. The van der Waals surface area contributed by atoms with Crippen LogP contribution in [0.4, 0.5) is 10.1 Å². The van der Waals surface area contributed by atoms with E-state index in [0.717, 1.165) is 18.2 Å². The smallest absolute Gasteiger partial charge is 0.270 e. The summed E-state index contributed by atoms with van der Waals surface area (Å²) in [6.07, 6.45) is 0. The van der Waals surface area contributed by atoms with E-state index in [0.29, 0.717) is 0 Å². The molecule has 0 aromatic heterocycles. The summed E-state index contributed by atoms with van der Waals surface area (Å²) >= 11 is 0. The fourth-order valence-corrected chi connectivity index (χ4v) is 1.10. The van der Waals surface area contributed by atoms with E-state index < -0.39 is 16.3 Å². The lowest BCUT2D eigenvalue weighted by molar-refractivity contribution is -0.385. The third-order valence-corrected chi connectivity index (χ3v) is 1.82. The molecule has 4 nitrogen and oxygen atoms in total. The lowest BCUT2D eigenvalue weighted by Crippen LogP contribution is -2.17. The van der Waals surface area contributed by atoms with E-state index >= 15 is 0 Å². The van der Waals surface area contributed by atoms with Gasteiger partial charge in [0.25, 0.3) is 5.69 Å². The predicted octanol–water partition coefficient (Wildman–Crippen LogP) is 1.96. The Kier molecular flexibility index (Phi) is 2.53. The molecule has 1 rings (SSSR count). The highest BCUT2D eigenvalue weighted by atomic mass is 19.1. The summed E-state index contributed by atoms with van der Waals surface area (Å²) in [6, 6.07) is 3.07. The summed E-state index contributed by atoms with van der Waals surface area (Å²) in [5.74, 6) is -0.650. The number of aliphatic hydroxyl groups is 1. The van der Waals surface area contributed by atoms with Gasteiger partial charge in [0.15, 0.2) is 0 Å². The van der Waals surface area contributed by atoms with Crippen LogP contribution in [0, 0.1) is 15.9 Å². The van der Waals surface area contributed by atoms with Crippen LogP contribution in [0.25, 0.3) is 0 Å². The molecule has 0 aliphatic heterocycles. The highest BCUT2D eigenvalue weighted by Crippen LogP contribution is 2.26. The zero-order valence-electron chi connectivity index (χ0n) is 7.82. The number of non-ortho nitro benzene ring substituents is 1. The zero-order valence-corrected chi connectivity index (χ0v) is 7.82. The van der Waals surface area contributed by atoms with Gasteiger partial charge in [-0.05, 0) is 19.9 Å². The Hall–Kier alpha value is -1.49. The van der Waals surface area contributed by atoms with Crippen molar-refractivity contribution in [2.45, 2.75) is 19.4 Å². The fourth-order valence-electron chi connectivity index (χ4n) is 1.10. The van der Waals surface area contributed by atoms with E-state index in [9.17, 15) is 19.6 Å². The van der Waals surface area contributed by atoms with Crippen molar-refractivity contribution in [1.29, 1.82) is 0 Å². The molecule has 5 heteroatoms. The average Bonchev–Trinajstić information content (AvgIpc) is 2.02. The molecule has 0 saturated carbocycles. The minimum atomic E-state index is -1.42. The van der Waals surface area contributed by atoms with Crippen LogP contribution in [0.1, 0.15) is 19.4 Å². The SMILES string of the molecule is CC(C)(O)c1cc([N+](=O)[O-])ccc1F. The summed E-state index contributed by atoms with van der Waals surface area (Å²) in [7, 11) is 0. The first-order valence-electron chi connectivity index (χ1n) is 3.99. The van der Waals surface area contributed by atoms with Gasteiger partial charge in [-0.3, -0.25) is 10.1 Å². The van der Waals surface area contributed by atoms with Crippen molar-refractivity contribution in [2.75, 3.05) is 0 Å². The maximum Gasteiger partial charge on any atom is 0.270 e. The second-order valence-corrected chi connectivity index (χ2v) is 3.48. The highest BCUT2D eigenvalue weighted by molar-refractivity contribution is 5.37. The maximum atomic E-state index is 13.1. The lowest BCUT2D eigenvalue weighted by Gasteiger charge is -2.17. The molecule has 76 valence electrons. The third-order valence-electron chi connectivity index (χ3n) is 1.82. The summed E-state index contributed by atoms with van der Waals surface area (Å²) in [5, 5.41) is 19.9. The first kappa shape index (κ1) is 10.6. The maximum absolute atomic E-state index is 13.1. The Morgan fingerprint density at radius 1 is 1.50 bits per heavy atom. The molecule has 0 atom stereocenters. The van der Waals surface area contributed by atoms with Crippen molar-refractivity contribution in [2.24, 2.45) is 0 Å². The van der Waals surface area contributed by atoms with Gasteiger partial charge in [-0.15, -0.1) is 0 Å². The van der Waals surface area contributed by atoms with Gasteiger partial charge in [0, 0.05) is 17.7 Å². The van der Waals surface area contributed by atoms with Gasteiger partial charge in [-0.25, -0.2) is 4.39 Å². The second kappa shape index (κ2) is 3.34. The highest BCUT2D eigenvalue weighted by Gasteiger charge is 2.23. The monoisotopic (exact) mass is 199 g/mol. The van der Waals surface area contributed by atoms with E-state index in [1.165, 1.54) is 13.8 Å². The molecule has 1 N–H and O–H groups in total. The first-order valence-corrected chi connectivity index (χ1v) is 3.99. The molecule has 0 unspecified atom stereocenters. The molecule has 14 heavy (non-hydrogen) atoms. The Morgan fingerprint density at radius 3 is 2.50 bits per heavy atom. The van der Waals surface area contributed by atoms with Crippen LogP contribution in [-0.4, -0.2) is 10.0 Å². The van der Waals surface area contributed by atoms with Crippen LogP contribution in [0.3, 0.4) is 0 Å². The second-order valence-electron chi connectivity index (χ2n) is 3.48. The summed E-state index contributed by atoms with van der Waals surface area (Å²) < 4.78 is 13.1. The molecule has 0 amide bonds. The zero-order chi connectivity index (χ0) is 10.9. The van der Waals surface area contributed by atoms with Crippen LogP contribution in [0.2, 0.25) is 0 Å². The lowest BCUT2D eigenvalue weighted by atomic mass is 9.97.